The molecule has 1 saturated heterocycles. The zero-order valence-electron chi connectivity index (χ0n) is 8.38. The highest BCUT2D eigenvalue weighted by Crippen LogP contribution is 2.19. The van der Waals surface area contributed by atoms with Crippen LogP contribution in [0, 0.1) is 0 Å². The molecule has 0 radical (unpaired) electrons. The largest absolute Gasteiger partial charge is 0.372 e. The Kier molecular flexibility index (Phi) is 5.03. The van der Waals surface area contributed by atoms with Gasteiger partial charge in [0.05, 0.1) is 5.25 Å². The highest BCUT2D eigenvalue weighted by atomic mass is 32.2. The third-order valence-electron chi connectivity index (χ3n) is 2.31. The van der Waals surface area contributed by atoms with Crippen molar-refractivity contribution in [1.29, 1.82) is 0 Å². The quantitative estimate of drug-likeness (QED) is 0.526. The standard InChI is InChI=1S/C6H14N2O2S.CH3NO/c1-5-3-6(4-8(5)2)11(7,9)10;2-1-3/h5-6H,3-4H2,1-2H3,(H2,7,9,10);1H,(H2,2,3). The molecule has 6 nitrogen and oxygen atoms in total. The van der Waals surface area contributed by atoms with Crippen molar-refractivity contribution < 1.29 is 13.2 Å². The van der Waals surface area contributed by atoms with Crippen molar-refractivity contribution in [1.82, 2.24) is 4.90 Å². The first kappa shape index (κ1) is 13.3. The molecule has 0 spiro atoms. The van der Waals surface area contributed by atoms with E-state index in [1.807, 2.05) is 18.9 Å². The number of hydrogen-bond donors (Lipinski definition) is 2. The number of carbonyl (C=O) groups is 1. The zero-order chi connectivity index (χ0) is 11.4. The summed E-state index contributed by atoms with van der Waals surface area (Å²) in [6.45, 7) is 2.57. The van der Waals surface area contributed by atoms with Crippen LogP contribution in [-0.4, -0.2) is 44.6 Å². The maximum absolute atomic E-state index is 10.9. The van der Waals surface area contributed by atoms with Gasteiger partial charge in [-0.15, -0.1) is 0 Å². The molecule has 2 atom stereocenters. The Labute approximate surface area is 84.3 Å². The molecule has 1 aliphatic rings. The molecule has 0 aromatic heterocycles. The van der Waals surface area contributed by atoms with E-state index in [0.29, 0.717) is 19.0 Å². The average molecular weight is 223 g/mol. The molecule has 1 heterocycles. The summed E-state index contributed by atoms with van der Waals surface area (Å²) < 4.78 is 21.8. The van der Waals surface area contributed by atoms with E-state index in [-0.39, 0.29) is 11.7 Å². The maximum Gasteiger partial charge on any atom is 0.213 e. The first-order valence-electron chi connectivity index (χ1n) is 4.20. The lowest BCUT2D eigenvalue weighted by molar-refractivity contribution is -0.106. The molecule has 84 valence electrons. The highest BCUT2D eigenvalue weighted by Gasteiger charge is 2.33. The van der Waals surface area contributed by atoms with Crippen molar-refractivity contribution in [2.75, 3.05) is 13.6 Å². The molecule has 2 unspecified atom stereocenters. The molecule has 1 aliphatic heterocycles. The molecular formula is C7H17N3O3S. The number of hydrogen-bond acceptors (Lipinski definition) is 4. The topological polar surface area (TPSA) is 106 Å². The van der Waals surface area contributed by atoms with Gasteiger partial charge in [0.15, 0.2) is 0 Å². The van der Waals surface area contributed by atoms with E-state index < -0.39 is 10.0 Å². The zero-order valence-corrected chi connectivity index (χ0v) is 9.20. The van der Waals surface area contributed by atoms with Crippen molar-refractivity contribution in [3.8, 4) is 0 Å². The van der Waals surface area contributed by atoms with E-state index >= 15 is 0 Å². The third kappa shape index (κ3) is 4.03. The summed E-state index contributed by atoms with van der Waals surface area (Å²) >= 11 is 0. The molecule has 0 saturated carbocycles. The summed E-state index contributed by atoms with van der Waals surface area (Å²) in [4.78, 5) is 10.6. The number of rotatable bonds is 1. The van der Waals surface area contributed by atoms with Gasteiger partial charge in [-0.2, -0.15) is 0 Å². The predicted molar refractivity (Wildman–Crippen MR) is 53.9 cm³/mol. The summed E-state index contributed by atoms with van der Waals surface area (Å²) in [6, 6.07) is 0.332. The monoisotopic (exact) mass is 223 g/mol. The third-order valence-corrected chi connectivity index (χ3v) is 3.58. The van der Waals surface area contributed by atoms with Gasteiger partial charge in [0.1, 0.15) is 0 Å². The number of carbonyl (C=O) groups excluding carboxylic acids is 1. The molecule has 1 amide bonds. The molecule has 7 heteroatoms. The molecule has 0 aromatic carbocycles. The van der Waals surface area contributed by atoms with Gasteiger partial charge in [-0.3, -0.25) is 4.79 Å². The second-order valence-electron chi connectivity index (χ2n) is 3.37. The van der Waals surface area contributed by atoms with Crippen molar-refractivity contribution in [2.24, 2.45) is 10.9 Å². The highest BCUT2D eigenvalue weighted by molar-refractivity contribution is 7.89. The smallest absolute Gasteiger partial charge is 0.213 e. The second-order valence-corrected chi connectivity index (χ2v) is 5.22. The number of nitrogens with two attached hydrogens (primary N) is 2. The Hall–Kier alpha value is -0.660. The van der Waals surface area contributed by atoms with Gasteiger partial charge < -0.3 is 10.6 Å². The normalized spacial score (nSPS) is 27.9. The Balaban J connectivity index is 0.000000500. The number of primary amides is 1. The van der Waals surface area contributed by atoms with Gasteiger partial charge in [-0.25, -0.2) is 13.6 Å². The lowest BCUT2D eigenvalue weighted by atomic mass is 10.2. The van der Waals surface area contributed by atoms with Crippen LogP contribution in [0.15, 0.2) is 0 Å². The lowest BCUT2D eigenvalue weighted by Gasteiger charge is -2.12. The van der Waals surface area contributed by atoms with Gasteiger partial charge in [0, 0.05) is 12.6 Å². The molecule has 4 N–H and O–H groups in total. The van der Waals surface area contributed by atoms with E-state index in [4.69, 9.17) is 9.93 Å². The summed E-state index contributed by atoms with van der Waals surface area (Å²) in [7, 11) is -1.40. The minimum atomic E-state index is -3.31. The molecule has 0 bridgehead atoms. The van der Waals surface area contributed by atoms with Crippen molar-refractivity contribution in [3.05, 3.63) is 0 Å². The van der Waals surface area contributed by atoms with Crippen molar-refractivity contribution in [2.45, 2.75) is 24.6 Å². The maximum atomic E-state index is 10.9. The fourth-order valence-electron chi connectivity index (χ4n) is 1.37. The van der Waals surface area contributed by atoms with E-state index in [2.05, 4.69) is 5.73 Å². The van der Waals surface area contributed by atoms with E-state index in [0.717, 1.165) is 0 Å². The fourth-order valence-corrected chi connectivity index (χ4v) is 2.36. The SMILES string of the molecule is CC1CC(S(N)(=O)=O)CN1C.NC=O. The number of primary sulfonamides is 1. The van der Waals surface area contributed by atoms with Gasteiger partial charge in [-0.05, 0) is 20.4 Å². The van der Waals surface area contributed by atoms with Gasteiger partial charge in [0.25, 0.3) is 0 Å². The van der Waals surface area contributed by atoms with Crippen molar-refractivity contribution in [3.63, 3.8) is 0 Å². The molecular weight excluding hydrogens is 206 g/mol. The van der Waals surface area contributed by atoms with Crippen LogP contribution in [0.3, 0.4) is 0 Å². The van der Waals surface area contributed by atoms with Crippen LogP contribution in [0.2, 0.25) is 0 Å². The van der Waals surface area contributed by atoms with Gasteiger partial charge >= 0.3 is 0 Å². The molecule has 1 rings (SSSR count). The Morgan fingerprint density at radius 2 is 1.93 bits per heavy atom. The summed E-state index contributed by atoms with van der Waals surface area (Å²) in [6.07, 6.45) is 0.912. The first-order valence-corrected chi connectivity index (χ1v) is 5.81. The summed E-state index contributed by atoms with van der Waals surface area (Å²) in [5, 5.41) is 4.65. The minimum absolute atomic E-state index is 0.250. The number of likely N-dealkylation sites (tertiary alicyclic amines) is 1. The van der Waals surface area contributed by atoms with Crippen LogP contribution in [0.1, 0.15) is 13.3 Å². The molecule has 0 aromatic rings. The van der Waals surface area contributed by atoms with Crippen LogP contribution in [0.25, 0.3) is 0 Å². The predicted octanol–water partition coefficient (Wildman–Crippen LogP) is -1.53. The summed E-state index contributed by atoms with van der Waals surface area (Å²) in [5.74, 6) is 0. The Bertz CT molecular complexity index is 268. The molecule has 1 fully saturated rings. The number of sulfonamides is 1. The lowest BCUT2D eigenvalue weighted by Crippen LogP contribution is -2.30. The van der Waals surface area contributed by atoms with Crippen LogP contribution < -0.4 is 10.9 Å². The Morgan fingerprint density at radius 1 is 1.50 bits per heavy atom. The number of amides is 1. The van der Waals surface area contributed by atoms with Crippen molar-refractivity contribution >= 4 is 16.4 Å². The number of nitrogens with zero attached hydrogens (tertiary/aromatic N) is 1. The van der Waals surface area contributed by atoms with Gasteiger partial charge in [-0.1, -0.05) is 0 Å². The van der Waals surface area contributed by atoms with Crippen LogP contribution in [0.5, 0.6) is 0 Å². The summed E-state index contributed by atoms with van der Waals surface area (Å²) in [5.41, 5.74) is 4.17. The molecule has 14 heavy (non-hydrogen) atoms. The van der Waals surface area contributed by atoms with Crippen LogP contribution >= 0.6 is 0 Å². The Morgan fingerprint density at radius 3 is 2.07 bits per heavy atom. The average Bonchev–Trinajstić information content (AvgIpc) is 2.32. The fraction of sp³-hybridized carbons (Fsp3) is 0.857. The minimum Gasteiger partial charge on any atom is -0.372 e. The molecule has 0 aliphatic carbocycles. The van der Waals surface area contributed by atoms with Crippen LogP contribution in [0.4, 0.5) is 0 Å². The van der Waals surface area contributed by atoms with Crippen LogP contribution in [-0.2, 0) is 14.8 Å². The second kappa shape index (κ2) is 5.28. The first-order chi connectivity index (χ1) is 6.32. The van der Waals surface area contributed by atoms with E-state index in [9.17, 15) is 8.42 Å². The van der Waals surface area contributed by atoms with E-state index in [1.54, 1.807) is 0 Å². The van der Waals surface area contributed by atoms with Gasteiger partial charge in [0.2, 0.25) is 16.4 Å². The van der Waals surface area contributed by atoms with E-state index in [1.165, 1.54) is 0 Å².